The van der Waals surface area contributed by atoms with Crippen molar-refractivity contribution in [2.75, 3.05) is 19.8 Å². The third kappa shape index (κ3) is 3.65. The summed E-state index contributed by atoms with van der Waals surface area (Å²) in [5, 5.41) is 0. The van der Waals surface area contributed by atoms with Gasteiger partial charge >= 0.3 is 5.97 Å². The van der Waals surface area contributed by atoms with E-state index in [1.165, 1.54) is 0 Å². The summed E-state index contributed by atoms with van der Waals surface area (Å²) in [4.78, 5) is 12.0. The normalized spacial score (nSPS) is 15.0. The molecule has 1 aromatic rings. The molecule has 0 aliphatic carbocycles. The quantitative estimate of drug-likeness (QED) is 0.776. The van der Waals surface area contributed by atoms with Crippen molar-refractivity contribution in [3.8, 4) is 11.5 Å². The molecule has 0 radical (unpaired) electrons. The van der Waals surface area contributed by atoms with Crippen LogP contribution in [0.3, 0.4) is 0 Å². The minimum atomic E-state index is -0.294. The molecule has 1 aliphatic rings. The second kappa shape index (κ2) is 6.64. The maximum absolute atomic E-state index is 12.0. The molecule has 1 aliphatic heterocycles. The summed E-state index contributed by atoms with van der Waals surface area (Å²) >= 11 is 0. The highest BCUT2D eigenvalue weighted by atomic mass is 16.6. The van der Waals surface area contributed by atoms with Gasteiger partial charge in [-0.25, -0.2) is 0 Å². The van der Waals surface area contributed by atoms with E-state index in [0.717, 1.165) is 17.7 Å². The molecule has 0 fully saturated rings. The Hall–Kier alpha value is -1.71. The smallest absolute Gasteiger partial charge is 0.313 e. The molecule has 1 atom stereocenters. The second-order valence-electron chi connectivity index (χ2n) is 5.47. The number of rotatable bonds is 5. The molecule has 4 heteroatoms. The number of benzene rings is 1. The highest BCUT2D eigenvalue weighted by Crippen LogP contribution is 2.33. The van der Waals surface area contributed by atoms with Crippen molar-refractivity contribution in [3.63, 3.8) is 0 Å². The lowest BCUT2D eigenvalue weighted by Gasteiger charge is -2.20. The van der Waals surface area contributed by atoms with E-state index in [9.17, 15) is 4.79 Å². The van der Waals surface area contributed by atoms with Gasteiger partial charge in [0.15, 0.2) is 11.5 Å². The Balaban J connectivity index is 1.97. The van der Waals surface area contributed by atoms with E-state index in [4.69, 9.17) is 14.2 Å². The van der Waals surface area contributed by atoms with Crippen LogP contribution in [0.15, 0.2) is 18.2 Å². The van der Waals surface area contributed by atoms with E-state index < -0.39 is 0 Å². The second-order valence-corrected chi connectivity index (χ2v) is 5.47. The summed E-state index contributed by atoms with van der Waals surface area (Å²) in [6.45, 7) is 7.66. The third-order valence-corrected chi connectivity index (χ3v) is 3.36. The first-order valence-corrected chi connectivity index (χ1v) is 7.14. The molecule has 1 unspecified atom stereocenters. The molecular weight excluding hydrogens is 256 g/mol. The molecule has 4 nitrogen and oxygen atoms in total. The monoisotopic (exact) mass is 278 g/mol. The molecule has 0 saturated carbocycles. The summed E-state index contributed by atoms with van der Waals surface area (Å²) in [7, 11) is 0. The van der Waals surface area contributed by atoms with Gasteiger partial charge in [-0.2, -0.15) is 0 Å². The third-order valence-electron chi connectivity index (χ3n) is 3.36. The van der Waals surface area contributed by atoms with Gasteiger partial charge < -0.3 is 14.2 Å². The van der Waals surface area contributed by atoms with Gasteiger partial charge in [0, 0.05) is 0 Å². The fourth-order valence-corrected chi connectivity index (χ4v) is 1.99. The average molecular weight is 278 g/mol. The van der Waals surface area contributed by atoms with Crippen LogP contribution < -0.4 is 9.47 Å². The molecule has 0 spiro atoms. The standard InChI is InChI=1S/C16H22O4/c1-11(2)6-7-20-16(17)12(3)13-4-5-14-15(10-13)19-9-8-18-14/h4-5,10-12H,6-9H2,1-3H3. The summed E-state index contributed by atoms with van der Waals surface area (Å²) in [6, 6.07) is 5.60. The SMILES string of the molecule is CC(C)CCOC(=O)C(C)c1ccc2c(c1)OCCO2. The van der Waals surface area contributed by atoms with Gasteiger partial charge in [-0.05, 0) is 37.0 Å². The number of ether oxygens (including phenoxy) is 3. The fraction of sp³-hybridized carbons (Fsp3) is 0.562. The Labute approximate surface area is 120 Å². The Kier molecular flexibility index (Phi) is 4.88. The topological polar surface area (TPSA) is 44.8 Å². The molecule has 1 heterocycles. The van der Waals surface area contributed by atoms with Gasteiger partial charge in [0.2, 0.25) is 0 Å². The molecule has 0 N–H and O–H groups in total. The summed E-state index contributed by atoms with van der Waals surface area (Å²) < 4.78 is 16.3. The van der Waals surface area contributed by atoms with Crippen molar-refractivity contribution in [2.45, 2.75) is 33.1 Å². The Morgan fingerprint density at radius 3 is 2.60 bits per heavy atom. The van der Waals surface area contributed by atoms with Gasteiger partial charge in [0.1, 0.15) is 13.2 Å². The van der Waals surface area contributed by atoms with Crippen molar-refractivity contribution in [1.82, 2.24) is 0 Å². The molecule has 0 saturated heterocycles. The maximum Gasteiger partial charge on any atom is 0.313 e. The molecule has 1 aromatic carbocycles. The molecule has 0 bridgehead atoms. The highest BCUT2D eigenvalue weighted by Gasteiger charge is 2.20. The first kappa shape index (κ1) is 14.7. The van der Waals surface area contributed by atoms with Gasteiger partial charge in [0.25, 0.3) is 0 Å². The Morgan fingerprint density at radius 1 is 1.20 bits per heavy atom. The predicted molar refractivity (Wildman–Crippen MR) is 76.3 cm³/mol. The van der Waals surface area contributed by atoms with E-state index in [1.807, 2.05) is 25.1 Å². The summed E-state index contributed by atoms with van der Waals surface area (Å²) in [5.74, 6) is 1.49. The van der Waals surface area contributed by atoms with Crippen LogP contribution in [0, 0.1) is 5.92 Å². The van der Waals surface area contributed by atoms with Crippen LogP contribution in [0.2, 0.25) is 0 Å². The number of carbonyl (C=O) groups excluding carboxylic acids is 1. The van der Waals surface area contributed by atoms with Crippen LogP contribution in [-0.4, -0.2) is 25.8 Å². The van der Waals surface area contributed by atoms with Gasteiger partial charge in [0.05, 0.1) is 12.5 Å². The Bertz CT molecular complexity index is 468. The van der Waals surface area contributed by atoms with Crippen molar-refractivity contribution >= 4 is 5.97 Å². The van der Waals surface area contributed by atoms with E-state index in [-0.39, 0.29) is 11.9 Å². The van der Waals surface area contributed by atoms with E-state index in [2.05, 4.69) is 13.8 Å². The van der Waals surface area contributed by atoms with Crippen LogP contribution >= 0.6 is 0 Å². The maximum atomic E-state index is 12.0. The molecule has 110 valence electrons. The van der Waals surface area contributed by atoms with E-state index in [0.29, 0.717) is 31.5 Å². The largest absolute Gasteiger partial charge is 0.486 e. The molecular formula is C16H22O4. The number of hydrogen-bond donors (Lipinski definition) is 0. The number of carbonyl (C=O) groups is 1. The van der Waals surface area contributed by atoms with Gasteiger partial charge in [-0.3, -0.25) is 4.79 Å². The van der Waals surface area contributed by atoms with Gasteiger partial charge in [-0.15, -0.1) is 0 Å². The molecule has 0 aromatic heterocycles. The first-order valence-electron chi connectivity index (χ1n) is 7.14. The van der Waals surface area contributed by atoms with Crippen LogP contribution in [0.1, 0.15) is 38.7 Å². The number of fused-ring (bicyclic) bond motifs is 1. The zero-order chi connectivity index (χ0) is 14.5. The molecule has 2 rings (SSSR count). The zero-order valence-corrected chi connectivity index (χ0v) is 12.3. The first-order chi connectivity index (χ1) is 9.58. The van der Waals surface area contributed by atoms with Crippen molar-refractivity contribution in [1.29, 1.82) is 0 Å². The van der Waals surface area contributed by atoms with E-state index in [1.54, 1.807) is 0 Å². The molecule has 20 heavy (non-hydrogen) atoms. The van der Waals surface area contributed by atoms with Crippen molar-refractivity contribution < 1.29 is 19.0 Å². The highest BCUT2D eigenvalue weighted by molar-refractivity contribution is 5.78. The summed E-state index contributed by atoms with van der Waals surface area (Å²) in [6.07, 6.45) is 0.888. The van der Waals surface area contributed by atoms with Gasteiger partial charge in [-0.1, -0.05) is 19.9 Å². The van der Waals surface area contributed by atoms with E-state index >= 15 is 0 Å². The van der Waals surface area contributed by atoms with Crippen LogP contribution in [0.4, 0.5) is 0 Å². The number of hydrogen-bond acceptors (Lipinski definition) is 4. The van der Waals surface area contributed by atoms with Crippen LogP contribution in [-0.2, 0) is 9.53 Å². The number of esters is 1. The lowest BCUT2D eigenvalue weighted by molar-refractivity contribution is -0.145. The zero-order valence-electron chi connectivity index (χ0n) is 12.3. The minimum Gasteiger partial charge on any atom is -0.486 e. The minimum absolute atomic E-state index is 0.192. The van der Waals surface area contributed by atoms with Crippen molar-refractivity contribution in [3.05, 3.63) is 23.8 Å². The van der Waals surface area contributed by atoms with Crippen LogP contribution in [0.25, 0.3) is 0 Å². The molecule has 0 amide bonds. The fourth-order valence-electron chi connectivity index (χ4n) is 1.99. The Morgan fingerprint density at radius 2 is 1.90 bits per heavy atom. The lowest BCUT2D eigenvalue weighted by Crippen LogP contribution is -2.17. The lowest BCUT2D eigenvalue weighted by atomic mass is 10.0. The summed E-state index contributed by atoms with van der Waals surface area (Å²) in [5.41, 5.74) is 0.892. The van der Waals surface area contributed by atoms with Crippen molar-refractivity contribution in [2.24, 2.45) is 5.92 Å². The predicted octanol–water partition coefficient (Wildman–Crippen LogP) is 3.15. The average Bonchev–Trinajstić information content (AvgIpc) is 2.45. The van der Waals surface area contributed by atoms with Crippen LogP contribution in [0.5, 0.6) is 11.5 Å².